The van der Waals surface area contributed by atoms with E-state index in [2.05, 4.69) is 9.88 Å². The van der Waals surface area contributed by atoms with Crippen molar-refractivity contribution in [2.24, 2.45) is 0 Å². The van der Waals surface area contributed by atoms with E-state index in [-0.39, 0.29) is 11.6 Å². The van der Waals surface area contributed by atoms with Crippen LogP contribution in [0.3, 0.4) is 0 Å². The zero-order chi connectivity index (χ0) is 23.2. The minimum absolute atomic E-state index is 0.283. The van der Waals surface area contributed by atoms with Crippen molar-refractivity contribution in [1.29, 1.82) is 0 Å². The van der Waals surface area contributed by atoms with Gasteiger partial charge in [0, 0.05) is 35.4 Å². The van der Waals surface area contributed by atoms with Crippen molar-refractivity contribution in [2.45, 2.75) is 0 Å². The fraction of sp³-hybridized carbons (Fsp3) is 0.0357. The van der Waals surface area contributed by atoms with Crippen LogP contribution in [0.25, 0.3) is 28.4 Å². The van der Waals surface area contributed by atoms with Gasteiger partial charge in [-0.2, -0.15) is 0 Å². The summed E-state index contributed by atoms with van der Waals surface area (Å²) in [4.78, 5) is 6.56. The molecule has 166 valence electrons. The average molecular weight is 450 g/mol. The van der Waals surface area contributed by atoms with Crippen molar-refractivity contribution in [3.8, 4) is 5.69 Å². The quantitative estimate of drug-likeness (QED) is 0.338. The summed E-state index contributed by atoms with van der Waals surface area (Å²) in [6.45, 7) is 0.542. The summed E-state index contributed by atoms with van der Waals surface area (Å²) in [6, 6.07) is 24.8. The molecule has 3 heterocycles. The zero-order valence-electron chi connectivity index (χ0n) is 18.1. The van der Waals surface area contributed by atoms with Gasteiger partial charge in [-0.25, -0.2) is 8.78 Å². The molecular weight excluding hydrogens is 430 g/mol. The number of aromatic nitrogens is 2. The fourth-order valence-electron chi connectivity index (χ4n) is 4.68. The van der Waals surface area contributed by atoms with Gasteiger partial charge in [0.05, 0.1) is 16.9 Å². The lowest BCUT2D eigenvalue weighted by atomic mass is 10.1. The molecule has 1 aliphatic rings. The summed E-state index contributed by atoms with van der Waals surface area (Å²) >= 11 is 0. The largest absolute Gasteiger partial charge is 0.395 e. The standard InChI is InChI=1S/C28H20F2N4/c29-19-6-3-8-21(15-19)33-17-18(23-10-1-2-11-24(23)33)14-26-27(31)28-25(12-5-13-32-28)34(26)22-9-4-7-20(30)16-22/h1-16H,17,31H2/b18-14+. The fourth-order valence-corrected chi connectivity index (χ4v) is 4.68. The predicted molar refractivity (Wildman–Crippen MR) is 133 cm³/mol. The number of para-hydroxylation sites is 1. The van der Waals surface area contributed by atoms with Gasteiger partial charge in [-0.1, -0.05) is 30.3 Å². The Morgan fingerprint density at radius 1 is 0.824 bits per heavy atom. The molecule has 6 rings (SSSR count). The molecule has 1 aliphatic heterocycles. The molecule has 0 saturated heterocycles. The number of hydrogen-bond acceptors (Lipinski definition) is 3. The first kappa shape index (κ1) is 20.2. The summed E-state index contributed by atoms with van der Waals surface area (Å²) in [7, 11) is 0. The highest BCUT2D eigenvalue weighted by molar-refractivity contribution is 6.02. The molecule has 5 aromatic rings. The predicted octanol–water partition coefficient (Wildman–Crippen LogP) is 6.58. The average Bonchev–Trinajstić information content (AvgIpc) is 3.35. The number of benzene rings is 3. The maximum absolute atomic E-state index is 14.2. The highest BCUT2D eigenvalue weighted by Gasteiger charge is 2.26. The van der Waals surface area contributed by atoms with Crippen molar-refractivity contribution in [3.63, 3.8) is 0 Å². The van der Waals surface area contributed by atoms with E-state index in [0.29, 0.717) is 23.4 Å². The minimum atomic E-state index is -0.330. The van der Waals surface area contributed by atoms with Gasteiger partial charge >= 0.3 is 0 Å². The van der Waals surface area contributed by atoms with Crippen molar-refractivity contribution in [2.75, 3.05) is 17.2 Å². The van der Waals surface area contributed by atoms with Crippen molar-refractivity contribution in [1.82, 2.24) is 9.55 Å². The van der Waals surface area contributed by atoms with Gasteiger partial charge in [0.2, 0.25) is 0 Å². The highest BCUT2D eigenvalue weighted by Crippen LogP contribution is 2.42. The lowest BCUT2D eigenvalue weighted by Crippen LogP contribution is -2.13. The summed E-state index contributed by atoms with van der Waals surface area (Å²) < 4.78 is 30.1. The number of fused-ring (bicyclic) bond motifs is 2. The van der Waals surface area contributed by atoms with Crippen LogP contribution in [0.15, 0.2) is 91.1 Å². The molecule has 0 amide bonds. The Labute approximate surface area is 195 Å². The van der Waals surface area contributed by atoms with E-state index in [1.807, 2.05) is 59.2 Å². The van der Waals surface area contributed by atoms with Crippen LogP contribution in [-0.2, 0) is 0 Å². The van der Waals surface area contributed by atoms with Gasteiger partial charge in [-0.15, -0.1) is 0 Å². The van der Waals surface area contributed by atoms with Gasteiger partial charge in [-0.3, -0.25) is 4.98 Å². The van der Waals surface area contributed by atoms with Crippen LogP contribution in [0, 0.1) is 11.6 Å². The third-order valence-corrected chi connectivity index (χ3v) is 6.17. The van der Waals surface area contributed by atoms with Crippen LogP contribution in [0.4, 0.5) is 25.8 Å². The molecule has 2 N–H and O–H groups in total. The van der Waals surface area contributed by atoms with E-state index in [4.69, 9.17) is 5.73 Å². The summed E-state index contributed by atoms with van der Waals surface area (Å²) in [6.07, 6.45) is 3.72. The molecule has 0 fully saturated rings. The monoisotopic (exact) mass is 450 g/mol. The summed E-state index contributed by atoms with van der Waals surface area (Å²) in [5, 5.41) is 0. The molecular formula is C28H20F2N4. The topological polar surface area (TPSA) is 47.1 Å². The second kappa shape index (κ2) is 7.85. The molecule has 0 aliphatic carbocycles. The lowest BCUT2D eigenvalue weighted by molar-refractivity contribution is 0.626. The number of anilines is 3. The van der Waals surface area contributed by atoms with Crippen molar-refractivity contribution >= 4 is 39.7 Å². The molecule has 0 unspecified atom stereocenters. The van der Waals surface area contributed by atoms with E-state index in [0.717, 1.165) is 33.7 Å². The van der Waals surface area contributed by atoms with E-state index in [9.17, 15) is 8.78 Å². The van der Waals surface area contributed by atoms with E-state index < -0.39 is 0 Å². The van der Waals surface area contributed by atoms with Gasteiger partial charge in [0.15, 0.2) is 0 Å². The molecule has 3 aromatic carbocycles. The number of hydrogen-bond donors (Lipinski definition) is 1. The second-order valence-electron chi connectivity index (χ2n) is 8.24. The highest BCUT2D eigenvalue weighted by atomic mass is 19.1. The maximum Gasteiger partial charge on any atom is 0.125 e. The molecule has 0 bridgehead atoms. The van der Waals surface area contributed by atoms with Crippen LogP contribution in [0.5, 0.6) is 0 Å². The van der Waals surface area contributed by atoms with Crippen LogP contribution in [-0.4, -0.2) is 16.1 Å². The minimum Gasteiger partial charge on any atom is -0.395 e. The molecule has 0 radical (unpaired) electrons. The molecule has 34 heavy (non-hydrogen) atoms. The number of nitrogen functional groups attached to an aromatic ring is 1. The SMILES string of the molecule is Nc1c(/C=C2\CN(c3cccc(F)c3)c3ccccc32)n(-c2cccc(F)c2)c2cccnc12. The Balaban J connectivity index is 1.57. The molecule has 0 saturated carbocycles. The molecule has 0 spiro atoms. The smallest absolute Gasteiger partial charge is 0.125 e. The van der Waals surface area contributed by atoms with E-state index in [1.54, 1.807) is 18.3 Å². The Hall–Kier alpha value is -4.45. The molecule has 4 nitrogen and oxygen atoms in total. The number of nitrogens with zero attached hydrogens (tertiary/aromatic N) is 3. The first-order valence-electron chi connectivity index (χ1n) is 10.9. The van der Waals surface area contributed by atoms with Crippen molar-refractivity contribution in [3.05, 3.63) is 114 Å². The number of rotatable bonds is 3. The first-order chi connectivity index (χ1) is 16.6. The molecule has 0 atom stereocenters. The Kier molecular flexibility index (Phi) is 4.66. The lowest BCUT2D eigenvalue weighted by Gasteiger charge is -2.19. The first-order valence-corrected chi connectivity index (χ1v) is 10.9. The summed E-state index contributed by atoms with van der Waals surface area (Å²) in [5.41, 5.74) is 13.8. The number of pyridine rings is 1. The second-order valence-corrected chi connectivity index (χ2v) is 8.24. The molecule has 6 heteroatoms. The van der Waals surface area contributed by atoms with Gasteiger partial charge in [0.1, 0.15) is 17.2 Å². The Morgan fingerprint density at radius 2 is 1.56 bits per heavy atom. The van der Waals surface area contributed by atoms with Crippen LogP contribution in [0.2, 0.25) is 0 Å². The van der Waals surface area contributed by atoms with Gasteiger partial charge in [0.25, 0.3) is 0 Å². The van der Waals surface area contributed by atoms with Crippen LogP contribution >= 0.6 is 0 Å². The normalized spacial score (nSPS) is 14.2. The number of nitrogens with two attached hydrogens (primary N) is 1. The van der Waals surface area contributed by atoms with Crippen LogP contribution in [0.1, 0.15) is 11.3 Å². The Bertz CT molecular complexity index is 1580. The zero-order valence-corrected chi connectivity index (χ0v) is 18.1. The Morgan fingerprint density at radius 3 is 2.35 bits per heavy atom. The number of halogens is 2. The van der Waals surface area contributed by atoms with E-state index in [1.165, 1.54) is 24.3 Å². The third kappa shape index (κ3) is 3.23. The summed E-state index contributed by atoms with van der Waals surface area (Å²) in [5.74, 6) is -0.613. The maximum atomic E-state index is 14.2. The van der Waals surface area contributed by atoms with Crippen molar-refractivity contribution < 1.29 is 8.78 Å². The van der Waals surface area contributed by atoms with Gasteiger partial charge in [-0.05, 0) is 66.2 Å². The van der Waals surface area contributed by atoms with E-state index >= 15 is 0 Å². The van der Waals surface area contributed by atoms with Gasteiger partial charge < -0.3 is 15.2 Å². The molecule has 2 aromatic heterocycles. The van der Waals surface area contributed by atoms with Crippen LogP contribution < -0.4 is 10.6 Å². The third-order valence-electron chi connectivity index (χ3n) is 6.17.